The van der Waals surface area contributed by atoms with Gasteiger partial charge >= 0.3 is 0 Å². The van der Waals surface area contributed by atoms with Crippen molar-refractivity contribution in [1.29, 1.82) is 0 Å². The van der Waals surface area contributed by atoms with E-state index in [1.807, 2.05) is 0 Å². The number of methoxy groups -OCH3 is 1. The fraction of sp³-hybridized carbons (Fsp3) is 0.300. The molecule has 4 atom stereocenters. The first kappa shape index (κ1) is 19.1. The zero-order chi connectivity index (χ0) is 20.9. The molecule has 2 aliphatic heterocycles. The molecule has 3 heterocycles. The fourth-order valence-electron chi connectivity index (χ4n) is 4.31. The highest BCUT2D eigenvalue weighted by molar-refractivity contribution is 7.12. The molecule has 2 aliphatic rings. The predicted octanol–water partition coefficient (Wildman–Crippen LogP) is 1.04. The van der Waals surface area contributed by atoms with Crippen LogP contribution in [0, 0.1) is 11.8 Å². The maximum atomic E-state index is 13.3. The largest absolute Gasteiger partial charge is 0.497 e. The number of fused-ring (bicyclic) bond motifs is 1. The summed E-state index contributed by atoms with van der Waals surface area (Å²) in [5.41, 5.74) is 6.27. The third-order valence-electron chi connectivity index (χ3n) is 5.61. The van der Waals surface area contributed by atoms with Crippen molar-refractivity contribution in [1.82, 2.24) is 9.80 Å². The van der Waals surface area contributed by atoms with Crippen molar-refractivity contribution in [2.24, 2.45) is 17.6 Å². The highest BCUT2D eigenvalue weighted by atomic mass is 32.1. The van der Waals surface area contributed by atoms with Gasteiger partial charge in [0.1, 0.15) is 11.8 Å². The van der Waals surface area contributed by atoms with Gasteiger partial charge in [0.05, 0.1) is 29.9 Å². The summed E-state index contributed by atoms with van der Waals surface area (Å²) in [6.07, 6.45) is 0. The van der Waals surface area contributed by atoms with Crippen molar-refractivity contribution in [3.8, 4) is 5.75 Å². The van der Waals surface area contributed by atoms with Gasteiger partial charge in [0, 0.05) is 7.05 Å². The molecule has 150 valence electrons. The Morgan fingerprint density at radius 2 is 1.72 bits per heavy atom. The van der Waals surface area contributed by atoms with Crippen LogP contribution in [0.15, 0.2) is 41.8 Å². The predicted molar refractivity (Wildman–Crippen MR) is 104 cm³/mol. The third kappa shape index (κ3) is 2.80. The zero-order valence-electron chi connectivity index (χ0n) is 15.8. The van der Waals surface area contributed by atoms with Crippen molar-refractivity contribution in [3.63, 3.8) is 0 Å². The maximum absolute atomic E-state index is 13.3. The maximum Gasteiger partial charge on any atom is 0.265 e. The van der Waals surface area contributed by atoms with Crippen LogP contribution in [0.25, 0.3) is 0 Å². The smallest absolute Gasteiger partial charge is 0.265 e. The minimum atomic E-state index is -1.21. The van der Waals surface area contributed by atoms with Gasteiger partial charge in [0.25, 0.3) is 5.91 Å². The van der Waals surface area contributed by atoms with E-state index in [4.69, 9.17) is 10.5 Å². The number of imide groups is 1. The molecule has 8 nitrogen and oxygen atoms in total. The van der Waals surface area contributed by atoms with E-state index in [9.17, 15) is 19.2 Å². The third-order valence-corrected chi connectivity index (χ3v) is 6.47. The van der Waals surface area contributed by atoms with Gasteiger partial charge in [0.2, 0.25) is 17.7 Å². The van der Waals surface area contributed by atoms with Gasteiger partial charge in [-0.1, -0.05) is 18.2 Å². The Labute approximate surface area is 170 Å². The average Bonchev–Trinajstić information content (AvgIpc) is 3.42. The van der Waals surface area contributed by atoms with Crippen molar-refractivity contribution in [3.05, 3.63) is 52.2 Å². The Morgan fingerprint density at radius 3 is 2.28 bits per heavy atom. The molecule has 0 radical (unpaired) electrons. The molecule has 4 unspecified atom stereocenters. The number of hydrogen-bond acceptors (Lipinski definition) is 6. The Balaban J connectivity index is 1.88. The molecular formula is C20H19N3O5S. The fourth-order valence-corrected chi connectivity index (χ4v) is 4.98. The lowest BCUT2D eigenvalue weighted by atomic mass is 9.86. The molecule has 1 aromatic heterocycles. The molecule has 2 aromatic rings. The number of primary amides is 1. The number of ether oxygens (including phenoxy) is 1. The molecule has 2 saturated heterocycles. The molecule has 0 aliphatic carbocycles. The van der Waals surface area contributed by atoms with E-state index in [2.05, 4.69) is 0 Å². The summed E-state index contributed by atoms with van der Waals surface area (Å²) in [6, 6.07) is 8.24. The minimum absolute atomic E-state index is 0.406. The highest BCUT2D eigenvalue weighted by Crippen LogP contribution is 2.50. The summed E-state index contributed by atoms with van der Waals surface area (Å²) in [5.74, 6) is -3.42. The number of benzene rings is 1. The second-order valence-corrected chi connectivity index (χ2v) is 7.99. The summed E-state index contributed by atoms with van der Waals surface area (Å²) >= 11 is 1.22. The Hall–Kier alpha value is -3.20. The summed E-state index contributed by atoms with van der Waals surface area (Å²) in [5, 5.41) is 1.75. The topological polar surface area (TPSA) is 110 Å². The number of carbonyl (C=O) groups is 4. The first-order valence-corrected chi connectivity index (χ1v) is 9.85. The van der Waals surface area contributed by atoms with Crippen LogP contribution >= 0.6 is 11.3 Å². The number of carbonyl (C=O) groups excluding carboxylic acids is 4. The number of rotatable bonds is 4. The van der Waals surface area contributed by atoms with Gasteiger partial charge in [-0.2, -0.15) is 0 Å². The van der Waals surface area contributed by atoms with Crippen LogP contribution in [0.5, 0.6) is 5.75 Å². The molecule has 0 saturated carbocycles. The van der Waals surface area contributed by atoms with Gasteiger partial charge in [-0.3, -0.25) is 24.1 Å². The van der Waals surface area contributed by atoms with E-state index in [1.54, 1.807) is 41.8 Å². The van der Waals surface area contributed by atoms with Gasteiger partial charge in [-0.15, -0.1) is 11.3 Å². The van der Waals surface area contributed by atoms with Gasteiger partial charge in [-0.25, -0.2) is 0 Å². The molecule has 29 heavy (non-hydrogen) atoms. The van der Waals surface area contributed by atoms with Gasteiger partial charge in [0.15, 0.2) is 0 Å². The lowest BCUT2D eigenvalue weighted by Crippen LogP contribution is -2.50. The first-order valence-electron chi connectivity index (χ1n) is 8.97. The van der Waals surface area contributed by atoms with Crippen molar-refractivity contribution in [2.45, 2.75) is 12.1 Å². The van der Waals surface area contributed by atoms with Crippen LogP contribution in [0.3, 0.4) is 0 Å². The summed E-state index contributed by atoms with van der Waals surface area (Å²) in [4.78, 5) is 54.2. The first-order chi connectivity index (χ1) is 13.9. The zero-order valence-corrected chi connectivity index (χ0v) is 16.6. The molecule has 9 heteroatoms. The molecule has 0 spiro atoms. The monoisotopic (exact) mass is 413 g/mol. The normalized spacial score (nSPS) is 26.0. The number of likely N-dealkylation sites (tertiary alicyclic amines) is 2. The van der Waals surface area contributed by atoms with E-state index >= 15 is 0 Å². The second kappa shape index (κ2) is 7.00. The molecule has 4 rings (SSSR count). The number of nitrogens with two attached hydrogens (primary N) is 1. The number of thiophene rings is 1. The van der Waals surface area contributed by atoms with Crippen LogP contribution in [0.1, 0.15) is 21.3 Å². The molecular weight excluding hydrogens is 394 g/mol. The van der Waals surface area contributed by atoms with E-state index < -0.39 is 47.5 Å². The summed E-state index contributed by atoms with van der Waals surface area (Å²) in [7, 11) is 2.92. The average molecular weight is 413 g/mol. The molecule has 2 N–H and O–H groups in total. The Bertz CT molecular complexity index is 988. The van der Waals surface area contributed by atoms with Crippen molar-refractivity contribution in [2.75, 3.05) is 14.2 Å². The quantitative estimate of drug-likeness (QED) is 0.753. The minimum Gasteiger partial charge on any atom is -0.497 e. The number of amides is 4. The van der Waals surface area contributed by atoms with Crippen LogP contribution < -0.4 is 10.5 Å². The summed E-state index contributed by atoms with van der Waals surface area (Å²) < 4.78 is 5.18. The number of nitrogens with zero attached hydrogens (tertiary/aromatic N) is 2. The lowest BCUT2D eigenvalue weighted by molar-refractivity contribution is -0.141. The summed E-state index contributed by atoms with van der Waals surface area (Å²) in [6.45, 7) is 0. The van der Waals surface area contributed by atoms with E-state index in [1.165, 1.54) is 30.4 Å². The van der Waals surface area contributed by atoms with Crippen LogP contribution in [0.4, 0.5) is 0 Å². The number of hydrogen-bond donors (Lipinski definition) is 1. The van der Waals surface area contributed by atoms with E-state index in [0.717, 1.165) is 4.90 Å². The Morgan fingerprint density at radius 1 is 1.07 bits per heavy atom. The Kier molecular flexibility index (Phi) is 4.62. The molecule has 0 bridgehead atoms. The van der Waals surface area contributed by atoms with Crippen molar-refractivity contribution >= 4 is 35.0 Å². The molecule has 2 fully saturated rings. The van der Waals surface area contributed by atoms with Gasteiger partial charge < -0.3 is 15.4 Å². The van der Waals surface area contributed by atoms with E-state index in [-0.39, 0.29) is 0 Å². The molecule has 1 aromatic carbocycles. The van der Waals surface area contributed by atoms with E-state index in [0.29, 0.717) is 16.2 Å². The molecule has 4 amide bonds. The second-order valence-electron chi connectivity index (χ2n) is 7.04. The highest BCUT2D eigenvalue weighted by Gasteiger charge is 2.64. The van der Waals surface area contributed by atoms with Crippen molar-refractivity contribution < 1.29 is 23.9 Å². The van der Waals surface area contributed by atoms with Crippen LogP contribution in [0.2, 0.25) is 0 Å². The lowest BCUT2D eigenvalue weighted by Gasteiger charge is -2.31. The van der Waals surface area contributed by atoms with Crippen LogP contribution in [-0.4, -0.2) is 53.6 Å². The SMILES string of the molecule is COc1ccc(C2C3C(=O)N(C)C(=O)C3C(C(N)=O)N2C(=O)c2cccs2)cc1. The van der Waals surface area contributed by atoms with Crippen LogP contribution in [-0.2, 0) is 14.4 Å². The standard InChI is InChI=1S/C20H19N3O5S/c1-22-19(26)13-14(20(22)27)16(17(21)24)23(18(25)12-4-3-9-29-12)15(13)10-5-7-11(28-2)8-6-10/h3-9,13-16H,1-2H3,(H2,21,24). The van der Waals surface area contributed by atoms with Gasteiger partial charge in [-0.05, 0) is 29.1 Å².